The zero-order chi connectivity index (χ0) is 10.8. The van der Waals surface area contributed by atoms with Gasteiger partial charge in [-0.15, -0.1) is 0 Å². The SMILES string of the molecule is OCCOCCCCOC1CCCCO1. The van der Waals surface area contributed by atoms with Crippen molar-refractivity contribution in [2.45, 2.75) is 38.4 Å². The summed E-state index contributed by atoms with van der Waals surface area (Å²) in [6.07, 6.45) is 5.40. The summed E-state index contributed by atoms with van der Waals surface area (Å²) in [7, 11) is 0. The summed E-state index contributed by atoms with van der Waals surface area (Å²) in [6.45, 7) is 2.83. The van der Waals surface area contributed by atoms with Crippen LogP contribution in [0, 0.1) is 0 Å². The van der Waals surface area contributed by atoms with Gasteiger partial charge in [-0.05, 0) is 32.1 Å². The normalized spacial score (nSPS) is 21.8. The molecule has 4 nitrogen and oxygen atoms in total. The Balaban J connectivity index is 1.79. The van der Waals surface area contributed by atoms with Crippen LogP contribution in [0.4, 0.5) is 0 Å². The summed E-state index contributed by atoms with van der Waals surface area (Å²) in [5.41, 5.74) is 0. The summed E-state index contributed by atoms with van der Waals surface area (Å²) in [6, 6.07) is 0. The first-order chi connectivity index (χ1) is 7.43. The van der Waals surface area contributed by atoms with E-state index in [-0.39, 0.29) is 12.9 Å². The van der Waals surface area contributed by atoms with Crippen LogP contribution in [0.3, 0.4) is 0 Å². The van der Waals surface area contributed by atoms with Crippen LogP contribution in [0.5, 0.6) is 0 Å². The van der Waals surface area contributed by atoms with Gasteiger partial charge in [0.25, 0.3) is 0 Å². The van der Waals surface area contributed by atoms with Crippen molar-refractivity contribution in [2.24, 2.45) is 0 Å². The summed E-state index contributed by atoms with van der Waals surface area (Å²) in [5, 5.41) is 8.47. The fraction of sp³-hybridized carbons (Fsp3) is 1.00. The molecule has 15 heavy (non-hydrogen) atoms. The standard InChI is InChI=1S/C11H22O4/c12-6-10-13-7-3-4-9-15-11-5-1-2-8-14-11/h11-12H,1-10H2. The van der Waals surface area contributed by atoms with Crippen molar-refractivity contribution in [1.82, 2.24) is 0 Å². The topological polar surface area (TPSA) is 47.9 Å². The lowest BCUT2D eigenvalue weighted by molar-refractivity contribution is -0.163. The Morgan fingerprint density at radius 3 is 2.73 bits per heavy atom. The monoisotopic (exact) mass is 218 g/mol. The van der Waals surface area contributed by atoms with Crippen LogP contribution in [0.25, 0.3) is 0 Å². The number of aliphatic hydroxyl groups excluding tert-OH is 1. The molecule has 0 spiro atoms. The molecular weight excluding hydrogens is 196 g/mol. The zero-order valence-corrected chi connectivity index (χ0v) is 9.32. The average Bonchev–Trinajstić information content (AvgIpc) is 2.29. The van der Waals surface area contributed by atoms with Crippen molar-refractivity contribution < 1.29 is 19.3 Å². The number of ether oxygens (including phenoxy) is 3. The molecule has 1 fully saturated rings. The largest absolute Gasteiger partial charge is 0.394 e. The third-order valence-electron chi connectivity index (χ3n) is 2.36. The van der Waals surface area contributed by atoms with Crippen LogP contribution >= 0.6 is 0 Å². The van der Waals surface area contributed by atoms with Crippen LogP contribution in [0.15, 0.2) is 0 Å². The number of aliphatic hydroxyl groups is 1. The van der Waals surface area contributed by atoms with Crippen molar-refractivity contribution in [3.63, 3.8) is 0 Å². The molecule has 4 heteroatoms. The Labute approximate surface area is 91.5 Å². The molecule has 90 valence electrons. The number of unbranched alkanes of at least 4 members (excludes halogenated alkanes) is 1. The fourth-order valence-electron chi connectivity index (χ4n) is 1.53. The molecule has 0 aromatic rings. The molecule has 1 saturated heterocycles. The molecule has 1 unspecified atom stereocenters. The highest BCUT2D eigenvalue weighted by Crippen LogP contribution is 2.13. The first kappa shape index (κ1) is 12.9. The number of hydrogen-bond donors (Lipinski definition) is 1. The van der Waals surface area contributed by atoms with Gasteiger partial charge in [0.05, 0.1) is 13.2 Å². The Hall–Kier alpha value is -0.160. The molecule has 1 aliphatic heterocycles. The zero-order valence-electron chi connectivity index (χ0n) is 9.32. The van der Waals surface area contributed by atoms with E-state index in [0.29, 0.717) is 13.2 Å². The molecule has 0 saturated carbocycles. The lowest BCUT2D eigenvalue weighted by atomic mass is 10.2. The van der Waals surface area contributed by atoms with Gasteiger partial charge in [-0.2, -0.15) is 0 Å². The van der Waals surface area contributed by atoms with Gasteiger partial charge in [-0.1, -0.05) is 0 Å². The third kappa shape index (κ3) is 6.84. The molecule has 1 N–H and O–H groups in total. The highest BCUT2D eigenvalue weighted by Gasteiger charge is 2.13. The van der Waals surface area contributed by atoms with E-state index in [4.69, 9.17) is 19.3 Å². The fourth-order valence-corrected chi connectivity index (χ4v) is 1.53. The summed E-state index contributed by atoms with van der Waals surface area (Å²) < 4.78 is 16.1. The van der Waals surface area contributed by atoms with Gasteiger partial charge in [-0.3, -0.25) is 0 Å². The van der Waals surface area contributed by atoms with Gasteiger partial charge in [-0.25, -0.2) is 0 Å². The van der Waals surface area contributed by atoms with Gasteiger partial charge in [0, 0.05) is 19.8 Å². The summed E-state index contributed by atoms with van der Waals surface area (Å²) in [5.74, 6) is 0. The highest BCUT2D eigenvalue weighted by molar-refractivity contribution is 4.53. The lowest BCUT2D eigenvalue weighted by Crippen LogP contribution is -2.22. The van der Waals surface area contributed by atoms with Crippen molar-refractivity contribution in [3.05, 3.63) is 0 Å². The predicted molar refractivity (Wildman–Crippen MR) is 56.7 cm³/mol. The summed E-state index contributed by atoms with van der Waals surface area (Å²) in [4.78, 5) is 0. The maximum absolute atomic E-state index is 8.47. The molecule has 0 radical (unpaired) electrons. The van der Waals surface area contributed by atoms with Gasteiger partial charge in [0.1, 0.15) is 0 Å². The molecule has 1 atom stereocenters. The van der Waals surface area contributed by atoms with Crippen LogP contribution in [0.1, 0.15) is 32.1 Å². The lowest BCUT2D eigenvalue weighted by Gasteiger charge is -2.22. The first-order valence-corrected chi connectivity index (χ1v) is 5.85. The molecule has 1 aliphatic rings. The van der Waals surface area contributed by atoms with Crippen molar-refractivity contribution in [1.29, 1.82) is 0 Å². The van der Waals surface area contributed by atoms with Crippen LogP contribution in [-0.4, -0.2) is 44.4 Å². The first-order valence-electron chi connectivity index (χ1n) is 5.85. The molecule has 1 rings (SSSR count). The second-order valence-corrected chi connectivity index (χ2v) is 3.71. The van der Waals surface area contributed by atoms with Crippen molar-refractivity contribution in [3.8, 4) is 0 Å². The van der Waals surface area contributed by atoms with Crippen LogP contribution < -0.4 is 0 Å². The van der Waals surface area contributed by atoms with E-state index in [0.717, 1.165) is 38.9 Å². The Morgan fingerprint density at radius 1 is 1.13 bits per heavy atom. The quantitative estimate of drug-likeness (QED) is 0.624. The molecule has 0 bridgehead atoms. The Morgan fingerprint density at radius 2 is 2.00 bits per heavy atom. The van der Waals surface area contributed by atoms with Gasteiger partial charge < -0.3 is 19.3 Å². The molecular formula is C11H22O4. The predicted octanol–water partition coefficient (Wildman–Crippen LogP) is 1.32. The van der Waals surface area contributed by atoms with E-state index in [1.807, 2.05) is 0 Å². The molecule has 0 aromatic heterocycles. The maximum Gasteiger partial charge on any atom is 0.157 e. The second kappa shape index (κ2) is 9.09. The highest BCUT2D eigenvalue weighted by atomic mass is 16.7. The minimum Gasteiger partial charge on any atom is -0.394 e. The molecule has 1 heterocycles. The smallest absolute Gasteiger partial charge is 0.157 e. The molecule has 0 aliphatic carbocycles. The van der Waals surface area contributed by atoms with E-state index in [1.54, 1.807) is 0 Å². The molecule has 0 aromatic carbocycles. The van der Waals surface area contributed by atoms with Crippen molar-refractivity contribution in [2.75, 3.05) is 33.0 Å². The van der Waals surface area contributed by atoms with Crippen LogP contribution in [0.2, 0.25) is 0 Å². The Kier molecular flexibility index (Phi) is 7.83. The average molecular weight is 218 g/mol. The number of hydrogen-bond acceptors (Lipinski definition) is 4. The summed E-state index contributed by atoms with van der Waals surface area (Å²) >= 11 is 0. The minimum atomic E-state index is 0.0251. The Bertz CT molecular complexity index is 135. The maximum atomic E-state index is 8.47. The van der Waals surface area contributed by atoms with E-state index < -0.39 is 0 Å². The number of rotatable bonds is 8. The van der Waals surface area contributed by atoms with Gasteiger partial charge in [0.15, 0.2) is 6.29 Å². The van der Waals surface area contributed by atoms with E-state index in [9.17, 15) is 0 Å². The molecule has 0 amide bonds. The van der Waals surface area contributed by atoms with Gasteiger partial charge in [0.2, 0.25) is 0 Å². The van der Waals surface area contributed by atoms with Crippen LogP contribution in [-0.2, 0) is 14.2 Å². The van der Waals surface area contributed by atoms with E-state index >= 15 is 0 Å². The van der Waals surface area contributed by atoms with E-state index in [2.05, 4.69) is 0 Å². The third-order valence-corrected chi connectivity index (χ3v) is 2.36. The second-order valence-electron chi connectivity index (χ2n) is 3.71. The van der Waals surface area contributed by atoms with E-state index in [1.165, 1.54) is 6.42 Å². The minimum absolute atomic E-state index is 0.0251. The van der Waals surface area contributed by atoms with Gasteiger partial charge >= 0.3 is 0 Å². The van der Waals surface area contributed by atoms with Crippen molar-refractivity contribution >= 4 is 0 Å².